The third-order valence-electron chi connectivity index (χ3n) is 6.18. The minimum absolute atomic E-state index is 0.0765. The lowest BCUT2D eigenvalue weighted by Gasteiger charge is -2.33. The van der Waals surface area contributed by atoms with E-state index in [0.29, 0.717) is 42.6 Å². The molecule has 1 aromatic rings. The Kier molecular flexibility index (Phi) is 10.0. The number of hydrogen-bond acceptors (Lipinski definition) is 5. The lowest BCUT2D eigenvalue weighted by atomic mass is 10.1. The number of alkyl carbamates (subject to hydrolysis) is 1. The molecular formula is C24H32Cl2N4O4. The highest BCUT2D eigenvalue weighted by Crippen LogP contribution is 2.23. The topological polar surface area (TPSA) is 82.2 Å². The molecule has 2 aliphatic rings. The van der Waals surface area contributed by atoms with Crippen LogP contribution in [0.4, 0.5) is 4.79 Å². The van der Waals surface area contributed by atoms with E-state index in [-0.39, 0.29) is 17.9 Å². The normalized spacial score (nSPS) is 19.9. The van der Waals surface area contributed by atoms with Crippen LogP contribution in [0, 0.1) is 0 Å². The van der Waals surface area contributed by atoms with Crippen molar-refractivity contribution in [2.24, 2.45) is 0 Å². The molecule has 10 heteroatoms. The number of halogens is 2. The Morgan fingerprint density at radius 1 is 1.15 bits per heavy atom. The van der Waals surface area contributed by atoms with Gasteiger partial charge in [-0.3, -0.25) is 9.59 Å². The van der Waals surface area contributed by atoms with E-state index in [1.54, 1.807) is 29.2 Å². The number of rotatable bonds is 7. The highest BCUT2D eigenvalue weighted by atomic mass is 35.5. The third kappa shape index (κ3) is 7.89. The number of ether oxygens (including phenoxy) is 1. The first-order valence-corrected chi connectivity index (χ1v) is 12.4. The molecule has 2 fully saturated rings. The number of benzene rings is 1. The first kappa shape index (κ1) is 26.3. The van der Waals surface area contributed by atoms with E-state index in [2.05, 4.69) is 15.0 Å². The average Bonchev–Trinajstić information content (AvgIpc) is 3.01. The van der Waals surface area contributed by atoms with Gasteiger partial charge in [0, 0.05) is 51.3 Å². The molecule has 8 nitrogen and oxygen atoms in total. The molecule has 0 saturated carbocycles. The maximum Gasteiger partial charge on any atom is 0.407 e. The molecule has 34 heavy (non-hydrogen) atoms. The minimum Gasteiger partial charge on any atom is -0.453 e. The lowest BCUT2D eigenvalue weighted by molar-refractivity contribution is -0.130. The molecule has 0 bridgehead atoms. The Balaban J connectivity index is 1.43. The van der Waals surface area contributed by atoms with Crippen LogP contribution in [-0.2, 0) is 14.3 Å². The Labute approximate surface area is 210 Å². The first-order chi connectivity index (χ1) is 16.4. The number of nitrogens with zero attached hydrogens (tertiary/aromatic N) is 3. The number of piperidine rings is 1. The minimum atomic E-state index is -0.395. The summed E-state index contributed by atoms with van der Waals surface area (Å²) in [6, 6.07) is 5.28. The van der Waals surface area contributed by atoms with Crippen molar-refractivity contribution < 1.29 is 19.1 Å². The molecule has 1 N–H and O–H groups in total. The van der Waals surface area contributed by atoms with Crippen LogP contribution >= 0.6 is 23.2 Å². The van der Waals surface area contributed by atoms with Gasteiger partial charge in [-0.1, -0.05) is 29.3 Å². The van der Waals surface area contributed by atoms with Crippen molar-refractivity contribution >= 4 is 47.2 Å². The van der Waals surface area contributed by atoms with Gasteiger partial charge < -0.3 is 24.8 Å². The van der Waals surface area contributed by atoms with Crippen LogP contribution in [0.5, 0.6) is 0 Å². The van der Waals surface area contributed by atoms with Gasteiger partial charge in [0.2, 0.25) is 11.8 Å². The lowest BCUT2D eigenvalue weighted by Crippen LogP contribution is -2.48. The van der Waals surface area contributed by atoms with E-state index >= 15 is 0 Å². The Morgan fingerprint density at radius 3 is 2.74 bits per heavy atom. The highest BCUT2D eigenvalue weighted by Gasteiger charge is 2.24. The predicted molar refractivity (Wildman–Crippen MR) is 133 cm³/mol. The first-order valence-electron chi connectivity index (χ1n) is 11.6. The number of carbonyl (C=O) groups excluding carboxylic acids is 3. The van der Waals surface area contributed by atoms with Crippen molar-refractivity contribution in [3.63, 3.8) is 0 Å². The fraction of sp³-hybridized carbons (Fsp3) is 0.542. The zero-order chi connectivity index (χ0) is 24.5. The molecule has 2 heterocycles. The van der Waals surface area contributed by atoms with Crippen LogP contribution in [-0.4, -0.2) is 91.6 Å². The van der Waals surface area contributed by atoms with Crippen LogP contribution in [0.1, 0.15) is 31.2 Å². The molecule has 0 spiro atoms. The van der Waals surface area contributed by atoms with Crippen LogP contribution in [0.25, 0.3) is 6.08 Å². The second kappa shape index (κ2) is 13.0. The van der Waals surface area contributed by atoms with Gasteiger partial charge in [0.15, 0.2) is 0 Å². The highest BCUT2D eigenvalue weighted by molar-refractivity contribution is 6.42. The van der Waals surface area contributed by atoms with Crippen molar-refractivity contribution in [2.75, 3.05) is 52.9 Å². The molecule has 2 aliphatic heterocycles. The van der Waals surface area contributed by atoms with E-state index in [1.165, 1.54) is 13.2 Å². The largest absolute Gasteiger partial charge is 0.453 e. The SMILES string of the molecule is COC(=O)NC1CCCN(CCCN2CCN(C(=O)/C=C/c3ccc(Cl)c(Cl)c3)CCC2=O)C1. The van der Waals surface area contributed by atoms with Crippen molar-refractivity contribution in [3.05, 3.63) is 39.9 Å². The summed E-state index contributed by atoms with van der Waals surface area (Å²) in [6.07, 6.45) is 5.95. The van der Waals surface area contributed by atoms with Gasteiger partial charge in [0.25, 0.3) is 0 Å². The molecule has 1 aromatic carbocycles. The molecular weight excluding hydrogens is 479 g/mol. The van der Waals surface area contributed by atoms with Gasteiger partial charge in [0.1, 0.15) is 0 Å². The van der Waals surface area contributed by atoms with Crippen LogP contribution in [0.2, 0.25) is 10.0 Å². The average molecular weight is 511 g/mol. The molecule has 3 amide bonds. The molecule has 186 valence electrons. The fourth-order valence-corrected chi connectivity index (χ4v) is 4.61. The van der Waals surface area contributed by atoms with Crippen LogP contribution in [0.3, 0.4) is 0 Å². The van der Waals surface area contributed by atoms with E-state index in [0.717, 1.165) is 44.5 Å². The molecule has 0 aromatic heterocycles. The van der Waals surface area contributed by atoms with Crippen molar-refractivity contribution in [3.8, 4) is 0 Å². The summed E-state index contributed by atoms with van der Waals surface area (Å²) in [6.45, 7) is 4.73. The quantitative estimate of drug-likeness (QED) is 0.569. The Hall–Kier alpha value is -2.29. The van der Waals surface area contributed by atoms with Gasteiger partial charge in [-0.05, 0) is 56.1 Å². The molecule has 1 unspecified atom stereocenters. The van der Waals surface area contributed by atoms with Crippen molar-refractivity contribution in [1.82, 2.24) is 20.0 Å². The van der Waals surface area contributed by atoms with Gasteiger partial charge in [-0.25, -0.2) is 4.79 Å². The zero-order valence-corrected chi connectivity index (χ0v) is 21.0. The number of amides is 3. The van der Waals surface area contributed by atoms with Crippen LogP contribution in [0.15, 0.2) is 24.3 Å². The predicted octanol–water partition coefficient (Wildman–Crippen LogP) is 3.28. The van der Waals surface area contributed by atoms with Gasteiger partial charge in [0.05, 0.1) is 17.2 Å². The number of methoxy groups -OCH3 is 1. The van der Waals surface area contributed by atoms with E-state index in [9.17, 15) is 14.4 Å². The second-order valence-electron chi connectivity index (χ2n) is 8.59. The van der Waals surface area contributed by atoms with Crippen molar-refractivity contribution in [2.45, 2.75) is 31.7 Å². The fourth-order valence-electron chi connectivity index (χ4n) is 4.30. The number of likely N-dealkylation sites (tertiary alicyclic amines) is 1. The summed E-state index contributed by atoms with van der Waals surface area (Å²) < 4.78 is 4.69. The third-order valence-corrected chi connectivity index (χ3v) is 6.92. The number of carbonyl (C=O) groups is 3. The van der Waals surface area contributed by atoms with E-state index in [4.69, 9.17) is 23.2 Å². The number of hydrogen-bond donors (Lipinski definition) is 1. The second-order valence-corrected chi connectivity index (χ2v) is 9.41. The summed E-state index contributed by atoms with van der Waals surface area (Å²) >= 11 is 12.0. The molecule has 1 atom stereocenters. The summed E-state index contributed by atoms with van der Waals surface area (Å²) in [7, 11) is 1.37. The standard InChI is InChI=1S/C24H32Cl2N4O4/c1-34-24(33)27-19-4-2-10-28(17-19)11-3-12-29-14-15-30(13-9-23(29)32)22(31)8-6-18-5-7-20(25)21(26)16-18/h5-8,16,19H,2-4,9-15,17H2,1H3,(H,27,33)/b8-6+. The van der Waals surface area contributed by atoms with Gasteiger partial charge in [-0.15, -0.1) is 0 Å². The van der Waals surface area contributed by atoms with E-state index in [1.807, 2.05) is 4.90 Å². The summed E-state index contributed by atoms with van der Waals surface area (Å²) in [5.74, 6) is -0.0502. The summed E-state index contributed by atoms with van der Waals surface area (Å²) in [5.41, 5.74) is 0.789. The molecule has 2 saturated heterocycles. The Bertz CT molecular complexity index is 911. The molecule has 3 rings (SSSR count). The molecule has 0 aliphatic carbocycles. The Morgan fingerprint density at radius 2 is 1.97 bits per heavy atom. The van der Waals surface area contributed by atoms with E-state index < -0.39 is 6.09 Å². The van der Waals surface area contributed by atoms with Gasteiger partial charge >= 0.3 is 6.09 Å². The molecule has 0 radical (unpaired) electrons. The maximum absolute atomic E-state index is 12.6. The van der Waals surface area contributed by atoms with Gasteiger partial charge in [-0.2, -0.15) is 0 Å². The monoisotopic (exact) mass is 510 g/mol. The zero-order valence-electron chi connectivity index (χ0n) is 19.5. The maximum atomic E-state index is 12.6. The smallest absolute Gasteiger partial charge is 0.407 e. The van der Waals surface area contributed by atoms with Crippen molar-refractivity contribution in [1.29, 1.82) is 0 Å². The summed E-state index contributed by atoms with van der Waals surface area (Å²) in [5, 5.41) is 3.78. The van der Waals surface area contributed by atoms with Crippen LogP contribution < -0.4 is 5.32 Å². The summed E-state index contributed by atoms with van der Waals surface area (Å²) in [4.78, 5) is 42.6. The number of nitrogens with one attached hydrogen (secondary N) is 1.